The quantitative estimate of drug-likeness (QED) is 0.836. The summed E-state index contributed by atoms with van der Waals surface area (Å²) in [6.07, 6.45) is 0. The van der Waals surface area contributed by atoms with Gasteiger partial charge in [-0.25, -0.2) is 0 Å². The maximum atomic E-state index is 5.75. The Morgan fingerprint density at radius 3 is 2.56 bits per heavy atom. The highest BCUT2D eigenvalue weighted by Crippen LogP contribution is 2.25. The fourth-order valence-corrected chi connectivity index (χ4v) is 1.66. The number of benzene rings is 1. The first kappa shape index (κ1) is 10.5. The number of methoxy groups -OCH3 is 1. The molecule has 2 aromatic rings. The van der Waals surface area contributed by atoms with Crippen molar-refractivity contribution in [2.24, 2.45) is 7.05 Å². The highest BCUT2D eigenvalue weighted by molar-refractivity contribution is 5.64. The van der Waals surface area contributed by atoms with Gasteiger partial charge in [-0.15, -0.1) is 0 Å². The Balaban J connectivity index is 2.45. The second-order valence-electron chi connectivity index (χ2n) is 3.76. The third-order valence-corrected chi connectivity index (χ3v) is 2.61. The Morgan fingerprint density at radius 1 is 1.31 bits per heavy atom. The van der Waals surface area contributed by atoms with E-state index in [2.05, 4.69) is 5.10 Å². The van der Waals surface area contributed by atoms with Crippen LogP contribution in [0.3, 0.4) is 0 Å². The van der Waals surface area contributed by atoms with Gasteiger partial charge in [0.15, 0.2) is 0 Å². The second-order valence-corrected chi connectivity index (χ2v) is 3.76. The molecule has 0 unspecified atom stereocenters. The van der Waals surface area contributed by atoms with Crippen molar-refractivity contribution in [3.8, 4) is 17.0 Å². The normalized spacial score (nSPS) is 10.4. The van der Waals surface area contributed by atoms with Gasteiger partial charge in [-0.1, -0.05) is 0 Å². The number of aryl methyl sites for hydroxylation is 2. The highest BCUT2D eigenvalue weighted by Gasteiger charge is 2.06. The topological polar surface area (TPSA) is 53.1 Å². The van der Waals surface area contributed by atoms with Crippen molar-refractivity contribution < 1.29 is 4.74 Å². The lowest BCUT2D eigenvalue weighted by molar-refractivity contribution is 0.412. The molecule has 0 atom stereocenters. The van der Waals surface area contributed by atoms with Gasteiger partial charge < -0.3 is 10.5 Å². The molecule has 1 aromatic carbocycles. The molecule has 84 valence electrons. The Kier molecular flexibility index (Phi) is 2.56. The van der Waals surface area contributed by atoms with Gasteiger partial charge in [-0.3, -0.25) is 4.68 Å². The van der Waals surface area contributed by atoms with Crippen LogP contribution in [0, 0.1) is 6.92 Å². The SMILES string of the molecule is COc1ccc(-c2cc(N)n(C)n2)cc1C. The fourth-order valence-electron chi connectivity index (χ4n) is 1.66. The summed E-state index contributed by atoms with van der Waals surface area (Å²) < 4.78 is 6.88. The minimum absolute atomic E-state index is 0.656. The van der Waals surface area contributed by atoms with Crippen LogP contribution >= 0.6 is 0 Å². The van der Waals surface area contributed by atoms with E-state index in [9.17, 15) is 0 Å². The van der Waals surface area contributed by atoms with E-state index in [1.165, 1.54) is 0 Å². The number of nitrogen functional groups attached to an aromatic ring is 1. The molecule has 2 rings (SSSR count). The van der Waals surface area contributed by atoms with E-state index in [0.717, 1.165) is 22.6 Å². The van der Waals surface area contributed by atoms with Gasteiger partial charge in [-0.05, 0) is 30.7 Å². The summed E-state index contributed by atoms with van der Waals surface area (Å²) in [7, 11) is 3.50. The number of ether oxygens (including phenoxy) is 1. The van der Waals surface area contributed by atoms with Crippen molar-refractivity contribution in [3.05, 3.63) is 29.8 Å². The summed E-state index contributed by atoms with van der Waals surface area (Å²) in [5.74, 6) is 1.54. The standard InChI is InChI=1S/C12H15N3O/c1-8-6-9(4-5-11(8)16-3)10-7-12(13)15(2)14-10/h4-7H,13H2,1-3H3. The molecule has 4 heteroatoms. The lowest BCUT2D eigenvalue weighted by Crippen LogP contribution is -1.96. The van der Waals surface area contributed by atoms with Crippen molar-refractivity contribution >= 4 is 5.82 Å². The lowest BCUT2D eigenvalue weighted by Gasteiger charge is -2.05. The molecule has 0 bridgehead atoms. The van der Waals surface area contributed by atoms with E-state index in [1.807, 2.05) is 38.2 Å². The third-order valence-electron chi connectivity index (χ3n) is 2.61. The maximum absolute atomic E-state index is 5.75. The predicted octanol–water partition coefficient (Wildman–Crippen LogP) is 1.99. The first-order valence-electron chi connectivity index (χ1n) is 5.06. The summed E-state index contributed by atoms with van der Waals surface area (Å²) in [6, 6.07) is 7.82. The maximum Gasteiger partial charge on any atom is 0.121 e. The van der Waals surface area contributed by atoms with Gasteiger partial charge >= 0.3 is 0 Å². The molecule has 0 aliphatic rings. The van der Waals surface area contributed by atoms with Crippen molar-refractivity contribution in [3.63, 3.8) is 0 Å². The van der Waals surface area contributed by atoms with Gasteiger partial charge in [0.1, 0.15) is 11.6 Å². The molecule has 4 nitrogen and oxygen atoms in total. The third kappa shape index (κ3) is 1.74. The first-order valence-corrected chi connectivity index (χ1v) is 5.06. The van der Waals surface area contributed by atoms with E-state index in [4.69, 9.17) is 10.5 Å². The Labute approximate surface area is 94.6 Å². The minimum atomic E-state index is 0.656. The molecular formula is C12H15N3O. The van der Waals surface area contributed by atoms with E-state index < -0.39 is 0 Å². The van der Waals surface area contributed by atoms with Gasteiger partial charge in [0.05, 0.1) is 12.8 Å². The smallest absolute Gasteiger partial charge is 0.121 e. The van der Waals surface area contributed by atoms with E-state index >= 15 is 0 Å². The largest absolute Gasteiger partial charge is 0.496 e. The number of aromatic nitrogens is 2. The Morgan fingerprint density at radius 2 is 2.06 bits per heavy atom. The second kappa shape index (κ2) is 3.89. The van der Waals surface area contributed by atoms with Crippen molar-refractivity contribution in [1.82, 2.24) is 9.78 Å². The number of nitrogens with zero attached hydrogens (tertiary/aromatic N) is 2. The summed E-state index contributed by atoms with van der Waals surface area (Å²) in [6.45, 7) is 2.01. The molecular weight excluding hydrogens is 202 g/mol. The van der Waals surface area contributed by atoms with Crippen LogP contribution in [0.1, 0.15) is 5.56 Å². The van der Waals surface area contributed by atoms with E-state index in [1.54, 1.807) is 11.8 Å². The summed E-state index contributed by atoms with van der Waals surface area (Å²) in [4.78, 5) is 0. The summed E-state index contributed by atoms with van der Waals surface area (Å²) in [5, 5.41) is 4.33. The lowest BCUT2D eigenvalue weighted by atomic mass is 10.1. The molecule has 2 N–H and O–H groups in total. The van der Waals surface area contributed by atoms with E-state index in [0.29, 0.717) is 5.82 Å². The van der Waals surface area contributed by atoms with Gasteiger partial charge in [0, 0.05) is 18.7 Å². The van der Waals surface area contributed by atoms with Crippen molar-refractivity contribution in [2.45, 2.75) is 6.92 Å². The summed E-state index contributed by atoms with van der Waals surface area (Å²) >= 11 is 0. The van der Waals surface area contributed by atoms with Gasteiger partial charge in [-0.2, -0.15) is 5.10 Å². The van der Waals surface area contributed by atoms with Gasteiger partial charge in [0.2, 0.25) is 0 Å². The zero-order chi connectivity index (χ0) is 11.7. The molecule has 0 saturated heterocycles. The number of hydrogen-bond acceptors (Lipinski definition) is 3. The first-order chi connectivity index (χ1) is 7.61. The molecule has 0 fully saturated rings. The molecule has 0 amide bonds. The molecule has 16 heavy (non-hydrogen) atoms. The zero-order valence-corrected chi connectivity index (χ0v) is 9.69. The zero-order valence-electron chi connectivity index (χ0n) is 9.69. The molecule has 1 aromatic heterocycles. The Hall–Kier alpha value is -1.97. The van der Waals surface area contributed by atoms with Crippen LogP contribution in [0.15, 0.2) is 24.3 Å². The van der Waals surface area contributed by atoms with Crippen LogP contribution in [0.4, 0.5) is 5.82 Å². The minimum Gasteiger partial charge on any atom is -0.496 e. The molecule has 0 spiro atoms. The molecule has 0 aliphatic carbocycles. The molecule has 0 saturated carbocycles. The average molecular weight is 217 g/mol. The molecule has 1 heterocycles. The number of nitrogens with two attached hydrogens (primary N) is 1. The monoisotopic (exact) mass is 217 g/mol. The van der Waals surface area contributed by atoms with E-state index in [-0.39, 0.29) is 0 Å². The Bertz CT molecular complexity index is 497. The molecule has 0 aliphatic heterocycles. The number of hydrogen-bond donors (Lipinski definition) is 1. The predicted molar refractivity (Wildman–Crippen MR) is 64.3 cm³/mol. The number of rotatable bonds is 2. The van der Waals surface area contributed by atoms with Crippen LogP contribution < -0.4 is 10.5 Å². The van der Waals surface area contributed by atoms with Crippen molar-refractivity contribution in [1.29, 1.82) is 0 Å². The van der Waals surface area contributed by atoms with Crippen LogP contribution in [0.2, 0.25) is 0 Å². The number of anilines is 1. The summed E-state index contributed by atoms with van der Waals surface area (Å²) in [5.41, 5.74) is 8.76. The van der Waals surface area contributed by atoms with Crippen LogP contribution in [0.25, 0.3) is 11.3 Å². The fraction of sp³-hybridized carbons (Fsp3) is 0.250. The van der Waals surface area contributed by atoms with Crippen LogP contribution in [0.5, 0.6) is 5.75 Å². The average Bonchev–Trinajstić information content (AvgIpc) is 2.59. The van der Waals surface area contributed by atoms with Gasteiger partial charge in [0.25, 0.3) is 0 Å². The highest BCUT2D eigenvalue weighted by atomic mass is 16.5. The van der Waals surface area contributed by atoms with Crippen LogP contribution in [-0.2, 0) is 7.05 Å². The molecule has 0 radical (unpaired) electrons. The van der Waals surface area contributed by atoms with Crippen molar-refractivity contribution in [2.75, 3.05) is 12.8 Å². The van der Waals surface area contributed by atoms with Crippen LogP contribution in [-0.4, -0.2) is 16.9 Å².